The normalized spacial score (nSPS) is 12.2. The summed E-state index contributed by atoms with van der Waals surface area (Å²) in [6, 6.07) is 16.3. The number of carbonyl (C=O) groups is 1. The molecule has 0 atom stereocenters. The minimum atomic E-state index is -0.310. The number of benzene rings is 2. The van der Waals surface area contributed by atoms with E-state index >= 15 is 0 Å². The number of aromatic nitrogens is 1. The SMILES string of the molecule is COc1ccccc1NC(=O)c1ccc(Nc2ccc3c(c2)OCCO3)cn1. The van der Waals surface area contributed by atoms with Gasteiger partial charge in [0.2, 0.25) is 0 Å². The number of hydrogen-bond acceptors (Lipinski definition) is 6. The molecule has 7 nitrogen and oxygen atoms in total. The number of ether oxygens (including phenoxy) is 3. The van der Waals surface area contributed by atoms with Gasteiger partial charge in [-0.25, -0.2) is 4.98 Å². The van der Waals surface area contributed by atoms with Crippen molar-refractivity contribution in [3.05, 3.63) is 66.5 Å². The molecule has 2 heterocycles. The first-order valence-electron chi connectivity index (χ1n) is 8.80. The molecule has 142 valence electrons. The van der Waals surface area contributed by atoms with Crippen LogP contribution < -0.4 is 24.8 Å². The lowest BCUT2D eigenvalue weighted by atomic mass is 10.2. The Morgan fingerprint density at radius 3 is 2.57 bits per heavy atom. The van der Waals surface area contributed by atoms with Crippen molar-refractivity contribution < 1.29 is 19.0 Å². The van der Waals surface area contributed by atoms with E-state index in [1.54, 1.807) is 37.6 Å². The summed E-state index contributed by atoms with van der Waals surface area (Å²) in [5.74, 6) is 1.72. The van der Waals surface area contributed by atoms with Crippen LogP contribution in [0.5, 0.6) is 17.2 Å². The van der Waals surface area contributed by atoms with Crippen LogP contribution in [0.3, 0.4) is 0 Å². The zero-order valence-corrected chi connectivity index (χ0v) is 15.3. The number of hydrogen-bond donors (Lipinski definition) is 2. The molecule has 0 radical (unpaired) electrons. The Morgan fingerprint density at radius 1 is 1.00 bits per heavy atom. The van der Waals surface area contributed by atoms with Gasteiger partial charge in [0, 0.05) is 11.8 Å². The summed E-state index contributed by atoms with van der Waals surface area (Å²) in [6.07, 6.45) is 1.61. The third kappa shape index (κ3) is 3.83. The van der Waals surface area contributed by atoms with Gasteiger partial charge in [0.15, 0.2) is 11.5 Å². The molecule has 4 rings (SSSR count). The van der Waals surface area contributed by atoms with Gasteiger partial charge >= 0.3 is 0 Å². The van der Waals surface area contributed by atoms with Crippen LogP contribution in [0, 0.1) is 0 Å². The molecule has 1 aliphatic rings. The smallest absolute Gasteiger partial charge is 0.274 e. The van der Waals surface area contributed by atoms with Gasteiger partial charge in [0.05, 0.1) is 24.7 Å². The van der Waals surface area contributed by atoms with Gasteiger partial charge in [-0.05, 0) is 36.4 Å². The van der Waals surface area contributed by atoms with Crippen LogP contribution in [0.25, 0.3) is 0 Å². The van der Waals surface area contributed by atoms with Crippen molar-refractivity contribution in [2.75, 3.05) is 31.0 Å². The zero-order chi connectivity index (χ0) is 19.3. The highest BCUT2D eigenvalue weighted by Crippen LogP contribution is 2.33. The van der Waals surface area contributed by atoms with E-state index in [-0.39, 0.29) is 5.91 Å². The van der Waals surface area contributed by atoms with Crippen LogP contribution in [0.15, 0.2) is 60.8 Å². The first-order valence-corrected chi connectivity index (χ1v) is 8.80. The number of anilines is 3. The summed E-state index contributed by atoms with van der Waals surface area (Å²) >= 11 is 0. The highest BCUT2D eigenvalue weighted by atomic mass is 16.6. The van der Waals surface area contributed by atoms with Crippen LogP contribution in [0.1, 0.15) is 10.5 Å². The van der Waals surface area contributed by atoms with Crippen molar-refractivity contribution in [1.82, 2.24) is 4.98 Å². The van der Waals surface area contributed by atoms with Crippen LogP contribution in [0.2, 0.25) is 0 Å². The summed E-state index contributed by atoms with van der Waals surface area (Å²) in [5, 5.41) is 6.04. The Labute approximate surface area is 162 Å². The molecule has 7 heteroatoms. The average Bonchev–Trinajstić information content (AvgIpc) is 2.74. The van der Waals surface area contributed by atoms with Gasteiger partial charge in [0.25, 0.3) is 5.91 Å². The highest BCUT2D eigenvalue weighted by Gasteiger charge is 2.13. The van der Waals surface area contributed by atoms with Gasteiger partial charge in [-0.1, -0.05) is 12.1 Å². The molecular weight excluding hydrogens is 358 g/mol. The standard InChI is InChI=1S/C21H19N3O4/c1-26-18-5-3-2-4-16(18)24-21(25)17-8-6-15(13-22-17)23-14-7-9-19-20(12-14)28-11-10-27-19/h2-9,12-13,23H,10-11H2,1H3,(H,24,25). The van der Waals surface area contributed by atoms with Crippen molar-refractivity contribution >= 4 is 23.0 Å². The van der Waals surface area contributed by atoms with E-state index in [1.165, 1.54) is 0 Å². The molecule has 28 heavy (non-hydrogen) atoms. The molecule has 0 spiro atoms. The molecule has 0 bridgehead atoms. The van der Waals surface area contributed by atoms with Crippen molar-refractivity contribution in [2.45, 2.75) is 0 Å². The topological polar surface area (TPSA) is 81.7 Å². The number of nitrogens with zero attached hydrogens (tertiary/aromatic N) is 1. The van der Waals surface area contributed by atoms with Gasteiger partial charge in [-0.3, -0.25) is 4.79 Å². The fraction of sp³-hybridized carbons (Fsp3) is 0.143. The minimum absolute atomic E-state index is 0.304. The molecule has 0 saturated carbocycles. The van der Waals surface area contributed by atoms with Crippen LogP contribution >= 0.6 is 0 Å². The van der Waals surface area contributed by atoms with Crippen LogP contribution in [-0.4, -0.2) is 31.2 Å². The average molecular weight is 377 g/mol. The van der Waals surface area contributed by atoms with Crippen molar-refractivity contribution in [1.29, 1.82) is 0 Å². The molecule has 1 amide bonds. The number of methoxy groups -OCH3 is 1. The number of carbonyl (C=O) groups excluding carboxylic acids is 1. The molecule has 0 saturated heterocycles. The second-order valence-corrected chi connectivity index (χ2v) is 6.07. The number of pyridine rings is 1. The van der Waals surface area contributed by atoms with Gasteiger partial charge in [-0.2, -0.15) is 0 Å². The number of nitrogens with one attached hydrogen (secondary N) is 2. The number of amides is 1. The Hall–Kier alpha value is -3.74. The minimum Gasteiger partial charge on any atom is -0.495 e. The number of fused-ring (bicyclic) bond motifs is 1. The third-order valence-corrected chi connectivity index (χ3v) is 4.18. The van der Waals surface area contributed by atoms with E-state index in [1.807, 2.05) is 30.3 Å². The van der Waals surface area contributed by atoms with Crippen molar-refractivity contribution in [2.24, 2.45) is 0 Å². The lowest BCUT2D eigenvalue weighted by Gasteiger charge is -2.19. The molecule has 1 aromatic heterocycles. The molecule has 3 aromatic rings. The quantitative estimate of drug-likeness (QED) is 0.703. The summed E-state index contributed by atoms with van der Waals surface area (Å²) < 4.78 is 16.3. The summed E-state index contributed by atoms with van der Waals surface area (Å²) in [6.45, 7) is 1.09. The summed E-state index contributed by atoms with van der Waals surface area (Å²) in [4.78, 5) is 16.7. The van der Waals surface area contributed by atoms with Crippen molar-refractivity contribution in [3.8, 4) is 17.2 Å². The molecule has 0 fully saturated rings. The largest absolute Gasteiger partial charge is 0.495 e. The fourth-order valence-corrected chi connectivity index (χ4v) is 2.82. The van der Waals surface area contributed by atoms with Gasteiger partial charge in [0.1, 0.15) is 24.7 Å². The second kappa shape index (κ2) is 7.87. The Bertz CT molecular complexity index is 989. The maximum absolute atomic E-state index is 12.4. The van der Waals surface area contributed by atoms with E-state index in [9.17, 15) is 4.79 Å². The lowest BCUT2D eigenvalue weighted by Crippen LogP contribution is -2.15. The predicted molar refractivity (Wildman–Crippen MR) is 106 cm³/mol. The maximum atomic E-state index is 12.4. The number of para-hydroxylation sites is 2. The Morgan fingerprint density at radius 2 is 1.79 bits per heavy atom. The first-order chi connectivity index (χ1) is 13.7. The van der Waals surface area contributed by atoms with Gasteiger partial charge < -0.3 is 24.8 Å². The van der Waals surface area contributed by atoms with Crippen molar-refractivity contribution in [3.63, 3.8) is 0 Å². The Balaban J connectivity index is 1.44. The zero-order valence-electron chi connectivity index (χ0n) is 15.3. The molecule has 0 unspecified atom stereocenters. The fourth-order valence-electron chi connectivity index (χ4n) is 2.82. The van der Waals surface area contributed by atoms with E-state index in [0.29, 0.717) is 36.1 Å². The van der Waals surface area contributed by atoms with E-state index in [0.717, 1.165) is 17.1 Å². The molecular formula is C21H19N3O4. The first kappa shape index (κ1) is 17.7. The molecule has 1 aliphatic heterocycles. The van der Waals surface area contributed by atoms with Gasteiger partial charge in [-0.15, -0.1) is 0 Å². The molecule has 2 aromatic carbocycles. The third-order valence-electron chi connectivity index (χ3n) is 4.18. The lowest BCUT2D eigenvalue weighted by molar-refractivity contribution is 0.102. The van der Waals surface area contributed by atoms with E-state index in [2.05, 4.69) is 15.6 Å². The van der Waals surface area contributed by atoms with Crippen LogP contribution in [0.4, 0.5) is 17.1 Å². The van der Waals surface area contributed by atoms with E-state index < -0.39 is 0 Å². The predicted octanol–water partition coefficient (Wildman–Crippen LogP) is 3.86. The number of rotatable bonds is 5. The maximum Gasteiger partial charge on any atom is 0.274 e. The molecule has 0 aliphatic carbocycles. The monoisotopic (exact) mass is 377 g/mol. The second-order valence-electron chi connectivity index (χ2n) is 6.07. The Kier molecular flexibility index (Phi) is 4.97. The summed E-state index contributed by atoms with van der Waals surface area (Å²) in [5.41, 5.74) is 2.50. The van der Waals surface area contributed by atoms with Crippen LogP contribution in [-0.2, 0) is 0 Å². The summed E-state index contributed by atoms with van der Waals surface area (Å²) in [7, 11) is 1.56. The van der Waals surface area contributed by atoms with E-state index in [4.69, 9.17) is 14.2 Å². The highest BCUT2D eigenvalue weighted by molar-refractivity contribution is 6.03. The molecule has 2 N–H and O–H groups in total.